The molecule has 4 N–H and O–H groups in total. The zero-order valence-electron chi connectivity index (χ0n) is 9.54. The molecule has 2 heterocycles. The molecule has 7 nitrogen and oxygen atoms in total. The van der Waals surface area contributed by atoms with Gasteiger partial charge in [0, 0.05) is 16.9 Å². The van der Waals surface area contributed by atoms with Crippen molar-refractivity contribution < 1.29 is 8.42 Å². The van der Waals surface area contributed by atoms with Gasteiger partial charge in [0.15, 0.2) is 0 Å². The fourth-order valence-corrected chi connectivity index (χ4v) is 2.68. The van der Waals surface area contributed by atoms with Crippen LogP contribution in [0.25, 0.3) is 0 Å². The van der Waals surface area contributed by atoms with E-state index in [1.807, 2.05) is 0 Å². The molecule has 9 heteroatoms. The van der Waals surface area contributed by atoms with Gasteiger partial charge in [-0.2, -0.15) is 8.42 Å². The average Bonchev–Trinajstić information content (AvgIpc) is 2.41. The molecular weight excluding hydrogens is 334 g/mol. The SMILES string of the molecule is NNc1cccnc1S(=O)(=O)Nc1ccc(Br)cn1. The minimum Gasteiger partial charge on any atom is -0.321 e. The standard InChI is InChI=1S/C10H10BrN5O2S/c11-7-3-4-9(14-6-7)16-19(17,18)10-8(15-12)2-1-5-13-10/h1-6,15H,12H2,(H,14,16). The number of nitrogens with one attached hydrogen (secondary N) is 2. The van der Waals surface area contributed by atoms with E-state index in [1.165, 1.54) is 24.5 Å². The fourth-order valence-electron chi connectivity index (χ4n) is 1.34. The maximum atomic E-state index is 12.1. The van der Waals surface area contributed by atoms with Gasteiger partial charge in [-0.25, -0.2) is 9.97 Å². The summed E-state index contributed by atoms with van der Waals surface area (Å²) in [5.41, 5.74) is 2.49. The zero-order valence-corrected chi connectivity index (χ0v) is 11.9. The van der Waals surface area contributed by atoms with Crippen LogP contribution in [0.4, 0.5) is 11.5 Å². The van der Waals surface area contributed by atoms with Crippen molar-refractivity contribution in [2.75, 3.05) is 10.1 Å². The van der Waals surface area contributed by atoms with Gasteiger partial charge in [-0.05, 0) is 40.2 Å². The third-order valence-electron chi connectivity index (χ3n) is 2.15. The number of pyridine rings is 2. The highest BCUT2D eigenvalue weighted by molar-refractivity contribution is 9.10. The predicted molar refractivity (Wildman–Crippen MR) is 74.8 cm³/mol. The number of aromatic nitrogens is 2. The molecule has 0 fully saturated rings. The highest BCUT2D eigenvalue weighted by atomic mass is 79.9. The Bertz CT molecular complexity index is 675. The van der Waals surface area contributed by atoms with E-state index in [0.29, 0.717) is 0 Å². The van der Waals surface area contributed by atoms with E-state index in [-0.39, 0.29) is 16.5 Å². The lowest BCUT2D eigenvalue weighted by molar-refractivity contribution is 0.597. The summed E-state index contributed by atoms with van der Waals surface area (Å²) in [7, 11) is -3.85. The summed E-state index contributed by atoms with van der Waals surface area (Å²) in [6, 6.07) is 6.29. The van der Waals surface area contributed by atoms with E-state index < -0.39 is 10.0 Å². The molecule has 0 amide bonds. The molecule has 0 aliphatic carbocycles. The highest BCUT2D eigenvalue weighted by Crippen LogP contribution is 2.20. The molecule has 0 saturated carbocycles. The second-order valence-electron chi connectivity index (χ2n) is 3.47. The minimum absolute atomic E-state index is 0.192. The third-order valence-corrected chi connectivity index (χ3v) is 3.93. The van der Waals surface area contributed by atoms with Crippen molar-refractivity contribution >= 4 is 37.5 Å². The van der Waals surface area contributed by atoms with Gasteiger partial charge in [0.1, 0.15) is 5.82 Å². The van der Waals surface area contributed by atoms with E-state index in [0.717, 1.165) is 4.47 Å². The van der Waals surface area contributed by atoms with Crippen LogP contribution < -0.4 is 16.0 Å². The van der Waals surface area contributed by atoms with Gasteiger partial charge in [-0.1, -0.05) is 0 Å². The molecule has 0 unspecified atom stereocenters. The molecule has 0 aromatic carbocycles. The summed E-state index contributed by atoms with van der Waals surface area (Å²) >= 11 is 3.21. The zero-order chi connectivity index (χ0) is 13.9. The first-order chi connectivity index (χ1) is 9.03. The normalized spacial score (nSPS) is 11.1. The first-order valence-corrected chi connectivity index (χ1v) is 7.36. The van der Waals surface area contributed by atoms with Crippen LogP contribution in [0.2, 0.25) is 0 Å². The van der Waals surface area contributed by atoms with Crippen LogP contribution in [-0.4, -0.2) is 18.4 Å². The van der Waals surface area contributed by atoms with Crippen molar-refractivity contribution in [1.29, 1.82) is 0 Å². The molecule has 0 aliphatic heterocycles. The number of halogens is 1. The van der Waals surface area contributed by atoms with Crippen LogP contribution in [0, 0.1) is 0 Å². The van der Waals surface area contributed by atoms with Crippen molar-refractivity contribution in [2.45, 2.75) is 5.03 Å². The number of hydrogen-bond acceptors (Lipinski definition) is 6. The molecule has 0 aliphatic rings. The van der Waals surface area contributed by atoms with Crippen molar-refractivity contribution in [3.63, 3.8) is 0 Å². The summed E-state index contributed by atoms with van der Waals surface area (Å²) in [5.74, 6) is 5.45. The molecule has 2 rings (SSSR count). The van der Waals surface area contributed by atoms with Crippen LogP contribution in [0.5, 0.6) is 0 Å². The molecule has 0 spiro atoms. The second kappa shape index (κ2) is 5.51. The molecule has 0 atom stereocenters. The lowest BCUT2D eigenvalue weighted by Crippen LogP contribution is -2.19. The number of anilines is 2. The number of nitrogens with zero attached hydrogens (tertiary/aromatic N) is 2. The maximum Gasteiger partial charge on any atom is 0.282 e. The van der Waals surface area contributed by atoms with Crippen molar-refractivity contribution in [3.8, 4) is 0 Å². The number of nitrogen functional groups attached to an aromatic ring is 1. The van der Waals surface area contributed by atoms with Crippen molar-refractivity contribution in [3.05, 3.63) is 41.1 Å². The maximum absolute atomic E-state index is 12.1. The largest absolute Gasteiger partial charge is 0.321 e. The first-order valence-electron chi connectivity index (χ1n) is 5.09. The van der Waals surface area contributed by atoms with E-state index in [9.17, 15) is 8.42 Å². The van der Waals surface area contributed by atoms with Crippen molar-refractivity contribution in [1.82, 2.24) is 9.97 Å². The molecule has 0 bridgehead atoms. The van der Waals surface area contributed by atoms with Gasteiger partial charge in [-0.3, -0.25) is 10.6 Å². The summed E-state index contributed by atoms with van der Waals surface area (Å²) in [4.78, 5) is 7.73. The Hall–Kier alpha value is -1.71. The van der Waals surface area contributed by atoms with Gasteiger partial charge in [0.05, 0.1) is 5.69 Å². The second-order valence-corrected chi connectivity index (χ2v) is 5.98. The summed E-state index contributed by atoms with van der Waals surface area (Å²) in [5, 5.41) is -0.192. The molecule has 100 valence electrons. The van der Waals surface area contributed by atoms with Crippen molar-refractivity contribution in [2.24, 2.45) is 5.84 Å². The molecule has 0 radical (unpaired) electrons. The lowest BCUT2D eigenvalue weighted by atomic mass is 10.4. The fraction of sp³-hybridized carbons (Fsp3) is 0. The first kappa shape index (κ1) is 13.7. The number of hydrazine groups is 1. The molecule has 0 saturated heterocycles. The van der Waals surface area contributed by atoms with Crippen LogP contribution in [0.1, 0.15) is 0 Å². The molecule has 2 aromatic rings. The van der Waals surface area contributed by atoms with Crippen LogP contribution in [0.15, 0.2) is 46.2 Å². The van der Waals surface area contributed by atoms with E-state index >= 15 is 0 Å². The molecule has 19 heavy (non-hydrogen) atoms. The lowest BCUT2D eigenvalue weighted by Gasteiger charge is -2.09. The Labute approximate surface area is 118 Å². The van der Waals surface area contributed by atoms with E-state index in [2.05, 4.69) is 36.0 Å². The van der Waals surface area contributed by atoms with Gasteiger partial charge in [-0.15, -0.1) is 0 Å². The predicted octanol–water partition coefficient (Wildman–Crippen LogP) is 1.33. The summed E-state index contributed by atoms with van der Waals surface area (Å²) in [6.45, 7) is 0. The average molecular weight is 344 g/mol. The smallest absolute Gasteiger partial charge is 0.282 e. The van der Waals surface area contributed by atoms with Crippen LogP contribution in [0.3, 0.4) is 0 Å². The highest BCUT2D eigenvalue weighted by Gasteiger charge is 2.20. The third kappa shape index (κ3) is 3.19. The Balaban J connectivity index is 2.35. The van der Waals surface area contributed by atoms with E-state index in [4.69, 9.17) is 5.84 Å². The monoisotopic (exact) mass is 343 g/mol. The summed E-state index contributed by atoms with van der Waals surface area (Å²) in [6.07, 6.45) is 2.85. The van der Waals surface area contributed by atoms with Gasteiger partial charge in [0.25, 0.3) is 10.0 Å². The van der Waals surface area contributed by atoms with Crippen LogP contribution in [-0.2, 0) is 10.0 Å². The molecule has 2 aromatic heterocycles. The topological polar surface area (TPSA) is 110 Å². The Kier molecular flexibility index (Phi) is 3.98. The van der Waals surface area contributed by atoms with E-state index in [1.54, 1.807) is 12.1 Å². The molecular formula is C10H10BrN5O2S. The quantitative estimate of drug-likeness (QED) is 0.570. The number of rotatable bonds is 4. The van der Waals surface area contributed by atoms with Gasteiger partial charge >= 0.3 is 0 Å². The Morgan fingerprint density at radius 3 is 2.63 bits per heavy atom. The van der Waals surface area contributed by atoms with Crippen LogP contribution >= 0.6 is 15.9 Å². The number of hydrogen-bond donors (Lipinski definition) is 3. The summed E-state index contributed by atoms with van der Waals surface area (Å²) < 4.78 is 27.4. The number of nitrogens with two attached hydrogens (primary N) is 1. The number of sulfonamides is 1. The van der Waals surface area contributed by atoms with Gasteiger partial charge in [0.2, 0.25) is 5.03 Å². The van der Waals surface area contributed by atoms with Gasteiger partial charge < -0.3 is 5.43 Å². The minimum atomic E-state index is -3.85. The Morgan fingerprint density at radius 1 is 1.21 bits per heavy atom. The Morgan fingerprint density at radius 2 is 2.00 bits per heavy atom.